The fourth-order valence-electron chi connectivity index (χ4n) is 4.00. The van der Waals surface area contributed by atoms with E-state index in [-0.39, 0.29) is 16.5 Å². The van der Waals surface area contributed by atoms with Crippen LogP contribution in [0.1, 0.15) is 38.8 Å². The molecule has 0 heterocycles. The van der Waals surface area contributed by atoms with Crippen molar-refractivity contribution in [3.8, 4) is 0 Å². The van der Waals surface area contributed by atoms with E-state index in [4.69, 9.17) is 23.2 Å². The third-order valence-corrected chi connectivity index (χ3v) is 8.39. The lowest BCUT2D eigenvalue weighted by molar-refractivity contribution is -0.140. The molecule has 3 aromatic carbocycles. The highest BCUT2D eigenvalue weighted by Crippen LogP contribution is 2.37. The first-order valence-corrected chi connectivity index (χ1v) is 14.9. The van der Waals surface area contributed by atoms with E-state index >= 15 is 0 Å². The van der Waals surface area contributed by atoms with Crippen molar-refractivity contribution in [1.29, 1.82) is 0 Å². The second-order valence-electron chi connectivity index (χ2n) is 10.6. The SMILES string of the molecule is C[C@@H](C(=O)NC(C)(C)C)N(Cc1cccc(Cl)c1)C(=O)CN(c1cc(C(F)(F)F)ccc1Cl)S(=O)(=O)c1ccccc1. The van der Waals surface area contributed by atoms with Gasteiger partial charge in [-0.05, 0) is 75.7 Å². The van der Waals surface area contributed by atoms with E-state index in [1.807, 2.05) is 0 Å². The zero-order chi connectivity index (χ0) is 31.5. The lowest BCUT2D eigenvalue weighted by Crippen LogP contribution is -2.54. The van der Waals surface area contributed by atoms with Gasteiger partial charge >= 0.3 is 6.18 Å². The normalized spacial score (nSPS) is 12.9. The Bertz CT molecular complexity index is 1550. The predicted molar refractivity (Wildman–Crippen MR) is 157 cm³/mol. The van der Waals surface area contributed by atoms with Crippen LogP contribution in [0.2, 0.25) is 10.0 Å². The summed E-state index contributed by atoms with van der Waals surface area (Å²) in [4.78, 5) is 27.9. The van der Waals surface area contributed by atoms with E-state index in [0.29, 0.717) is 27.0 Å². The summed E-state index contributed by atoms with van der Waals surface area (Å²) >= 11 is 12.4. The lowest BCUT2D eigenvalue weighted by Gasteiger charge is -2.33. The molecule has 42 heavy (non-hydrogen) atoms. The van der Waals surface area contributed by atoms with Crippen molar-refractivity contribution in [1.82, 2.24) is 10.2 Å². The number of nitrogens with zero attached hydrogens (tertiary/aromatic N) is 2. The van der Waals surface area contributed by atoms with Crippen molar-refractivity contribution < 1.29 is 31.2 Å². The maximum Gasteiger partial charge on any atom is 0.416 e. The van der Waals surface area contributed by atoms with E-state index in [2.05, 4.69) is 5.32 Å². The van der Waals surface area contributed by atoms with Gasteiger partial charge in [0.2, 0.25) is 11.8 Å². The molecule has 1 atom stereocenters. The summed E-state index contributed by atoms with van der Waals surface area (Å²) in [6.45, 7) is 5.64. The Kier molecular flexibility index (Phi) is 10.2. The van der Waals surface area contributed by atoms with Crippen molar-refractivity contribution >= 4 is 50.7 Å². The molecule has 0 bridgehead atoms. The van der Waals surface area contributed by atoms with Gasteiger partial charge in [0.05, 0.1) is 21.2 Å². The summed E-state index contributed by atoms with van der Waals surface area (Å²) in [5.41, 5.74) is -1.81. The van der Waals surface area contributed by atoms with Gasteiger partial charge in [0.1, 0.15) is 12.6 Å². The van der Waals surface area contributed by atoms with Gasteiger partial charge in [-0.2, -0.15) is 13.2 Å². The van der Waals surface area contributed by atoms with Crippen LogP contribution < -0.4 is 9.62 Å². The molecule has 2 amide bonds. The van der Waals surface area contributed by atoms with Crippen LogP contribution in [0.4, 0.5) is 18.9 Å². The van der Waals surface area contributed by atoms with Crippen LogP contribution >= 0.6 is 23.2 Å². The molecule has 13 heteroatoms. The zero-order valence-electron chi connectivity index (χ0n) is 23.2. The number of hydrogen-bond donors (Lipinski definition) is 1. The number of carbonyl (C=O) groups excluding carboxylic acids is 2. The van der Waals surface area contributed by atoms with Gasteiger partial charge in [0, 0.05) is 17.1 Å². The summed E-state index contributed by atoms with van der Waals surface area (Å²) in [6.07, 6.45) is -4.82. The lowest BCUT2D eigenvalue weighted by atomic mass is 10.1. The largest absolute Gasteiger partial charge is 0.416 e. The van der Waals surface area contributed by atoms with E-state index in [9.17, 15) is 31.2 Å². The first-order valence-electron chi connectivity index (χ1n) is 12.7. The van der Waals surface area contributed by atoms with Crippen molar-refractivity contribution in [2.45, 2.75) is 56.9 Å². The molecule has 3 aromatic rings. The number of hydrogen-bond acceptors (Lipinski definition) is 4. The van der Waals surface area contributed by atoms with Gasteiger partial charge in [0.15, 0.2) is 0 Å². The molecule has 0 aliphatic rings. The predicted octanol–water partition coefficient (Wildman–Crippen LogP) is 6.54. The second kappa shape index (κ2) is 12.9. The molecule has 7 nitrogen and oxygen atoms in total. The van der Waals surface area contributed by atoms with Crippen LogP contribution in [0.25, 0.3) is 0 Å². The molecule has 3 rings (SSSR count). The minimum absolute atomic E-state index is 0.145. The minimum atomic E-state index is -4.82. The molecule has 0 spiro atoms. The van der Waals surface area contributed by atoms with E-state index < -0.39 is 57.4 Å². The Balaban J connectivity index is 2.14. The van der Waals surface area contributed by atoms with Gasteiger partial charge < -0.3 is 10.2 Å². The molecule has 0 fully saturated rings. The van der Waals surface area contributed by atoms with E-state index in [1.165, 1.54) is 31.2 Å². The average Bonchev–Trinajstić information content (AvgIpc) is 2.89. The molecule has 226 valence electrons. The van der Waals surface area contributed by atoms with Crippen LogP contribution in [0.15, 0.2) is 77.7 Å². The number of halogens is 5. The van der Waals surface area contributed by atoms with Gasteiger partial charge in [-0.3, -0.25) is 13.9 Å². The molecule has 0 aliphatic heterocycles. The molecule has 0 saturated heterocycles. The molecule has 0 radical (unpaired) electrons. The highest BCUT2D eigenvalue weighted by molar-refractivity contribution is 7.92. The minimum Gasteiger partial charge on any atom is -0.350 e. The number of carbonyl (C=O) groups is 2. The Labute approximate surface area is 253 Å². The van der Waals surface area contributed by atoms with Crippen molar-refractivity contribution in [3.63, 3.8) is 0 Å². The Morgan fingerprint density at radius 1 is 0.929 bits per heavy atom. The summed E-state index contributed by atoms with van der Waals surface area (Å²) < 4.78 is 69.1. The molecule has 0 saturated carbocycles. The number of amides is 2. The van der Waals surface area contributed by atoms with Crippen molar-refractivity contribution in [3.05, 3.63) is 94.0 Å². The third-order valence-electron chi connectivity index (χ3n) is 6.06. The highest BCUT2D eigenvalue weighted by atomic mass is 35.5. The molecule has 1 N–H and O–H groups in total. The van der Waals surface area contributed by atoms with Crippen LogP contribution in [0.5, 0.6) is 0 Å². The first-order chi connectivity index (χ1) is 19.4. The van der Waals surface area contributed by atoms with Crippen LogP contribution in [-0.2, 0) is 32.3 Å². The van der Waals surface area contributed by atoms with Gasteiger partial charge in [-0.15, -0.1) is 0 Å². The maximum absolute atomic E-state index is 13.9. The highest BCUT2D eigenvalue weighted by Gasteiger charge is 2.36. The summed E-state index contributed by atoms with van der Waals surface area (Å²) in [7, 11) is -4.61. The van der Waals surface area contributed by atoms with Crippen molar-refractivity contribution in [2.75, 3.05) is 10.8 Å². The first kappa shape index (κ1) is 33.2. The topological polar surface area (TPSA) is 86.8 Å². The number of nitrogens with one attached hydrogen (secondary N) is 1. The summed E-state index contributed by atoms with van der Waals surface area (Å²) in [5.74, 6) is -1.38. The number of sulfonamides is 1. The number of alkyl halides is 3. The third kappa shape index (κ3) is 8.39. The quantitative estimate of drug-likeness (QED) is 0.287. The Morgan fingerprint density at radius 3 is 2.14 bits per heavy atom. The Morgan fingerprint density at radius 2 is 1.57 bits per heavy atom. The fraction of sp³-hybridized carbons (Fsp3) is 0.310. The van der Waals surface area contributed by atoms with Crippen LogP contribution in [0.3, 0.4) is 0 Å². The second-order valence-corrected chi connectivity index (χ2v) is 13.3. The average molecular weight is 645 g/mol. The number of rotatable bonds is 9. The summed E-state index contributed by atoms with van der Waals surface area (Å²) in [6, 6.07) is 14.6. The zero-order valence-corrected chi connectivity index (χ0v) is 25.6. The van der Waals surface area contributed by atoms with Crippen LogP contribution in [0, 0.1) is 0 Å². The smallest absolute Gasteiger partial charge is 0.350 e. The van der Waals surface area contributed by atoms with Gasteiger partial charge in [-0.1, -0.05) is 53.5 Å². The summed E-state index contributed by atoms with van der Waals surface area (Å²) in [5, 5.41) is 2.84. The van der Waals surface area contributed by atoms with Gasteiger partial charge in [-0.25, -0.2) is 8.42 Å². The number of benzene rings is 3. The molecule has 0 unspecified atom stereocenters. The number of anilines is 1. The van der Waals surface area contributed by atoms with Crippen LogP contribution in [-0.4, -0.2) is 43.3 Å². The maximum atomic E-state index is 13.9. The molecule has 0 aliphatic carbocycles. The Hall–Kier alpha value is -3.28. The van der Waals surface area contributed by atoms with Crippen molar-refractivity contribution in [2.24, 2.45) is 0 Å². The van der Waals surface area contributed by atoms with Gasteiger partial charge in [0.25, 0.3) is 10.0 Å². The monoisotopic (exact) mass is 643 g/mol. The standard InChI is InChI=1S/C29H30Cl2F3N3O4S/c1-19(27(39)35-28(2,3)4)36(17-20-9-8-10-22(30)15-20)26(38)18-37(42(40,41)23-11-6-5-7-12-23)25-16-21(29(32,33)34)13-14-24(25)31/h5-16,19H,17-18H2,1-4H3,(H,35,39)/t19-/m0/s1. The fourth-order valence-corrected chi connectivity index (χ4v) is 5.93. The molecule has 0 aromatic heterocycles. The molecular weight excluding hydrogens is 614 g/mol. The molecular formula is C29H30Cl2F3N3O4S. The van der Waals surface area contributed by atoms with E-state index in [0.717, 1.165) is 11.0 Å². The van der Waals surface area contributed by atoms with E-state index in [1.54, 1.807) is 51.1 Å².